The van der Waals surface area contributed by atoms with Gasteiger partial charge in [0.05, 0.1) is 0 Å². The van der Waals surface area contributed by atoms with Gasteiger partial charge >= 0.3 is 0 Å². The van der Waals surface area contributed by atoms with E-state index in [4.69, 9.17) is 5.73 Å². The number of nitrogens with two attached hydrogens (primary N) is 1. The number of nitrogen functional groups attached to an aromatic ring is 1. The van der Waals surface area contributed by atoms with E-state index in [1.807, 2.05) is 0 Å². The van der Waals surface area contributed by atoms with Gasteiger partial charge in [0.15, 0.2) is 0 Å². The molecule has 3 nitrogen and oxygen atoms in total. The number of rotatable bonds is 5. The topological polar surface area (TPSA) is 50.9 Å². The zero-order valence-corrected chi connectivity index (χ0v) is 11.9. The Hall–Kier alpha value is -1.55. The first-order chi connectivity index (χ1) is 9.24. The summed E-state index contributed by atoms with van der Waals surface area (Å²) in [6, 6.07) is 10.9. The Morgan fingerprint density at radius 1 is 1.37 bits per heavy atom. The molecule has 0 bridgehead atoms. The van der Waals surface area contributed by atoms with E-state index in [1.165, 1.54) is 40.5 Å². The summed E-state index contributed by atoms with van der Waals surface area (Å²) in [7, 11) is 0. The van der Waals surface area contributed by atoms with Gasteiger partial charge in [-0.25, -0.2) is 0 Å². The quantitative estimate of drug-likeness (QED) is 0.874. The molecule has 1 aliphatic carbocycles. The minimum Gasteiger partial charge on any atom is -0.383 e. The number of hydrogen-bond acceptors (Lipinski definition) is 4. The molecule has 3 rings (SSSR count). The molecule has 1 aliphatic rings. The Labute approximate surface area is 118 Å². The first kappa shape index (κ1) is 12.5. The van der Waals surface area contributed by atoms with Gasteiger partial charge in [0.1, 0.15) is 10.8 Å². The van der Waals surface area contributed by atoms with Gasteiger partial charge in [-0.1, -0.05) is 30.3 Å². The normalized spacial score (nSPS) is 16.3. The van der Waals surface area contributed by atoms with Gasteiger partial charge in [-0.05, 0) is 49.2 Å². The van der Waals surface area contributed by atoms with Crippen LogP contribution in [0.15, 0.2) is 30.3 Å². The Morgan fingerprint density at radius 3 is 2.79 bits per heavy atom. The minimum atomic E-state index is 0.389. The molecule has 0 amide bonds. The predicted molar refractivity (Wildman–Crippen MR) is 81.7 cm³/mol. The van der Waals surface area contributed by atoms with Gasteiger partial charge < -0.3 is 11.1 Å². The van der Waals surface area contributed by atoms with Crippen LogP contribution in [0, 0.1) is 0 Å². The molecule has 0 saturated heterocycles. The molecular formula is C15H19N3S. The highest BCUT2D eigenvalue weighted by atomic mass is 32.1. The van der Waals surface area contributed by atoms with Crippen molar-refractivity contribution in [3.63, 3.8) is 0 Å². The zero-order chi connectivity index (χ0) is 13.2. The standard InChI is InChI=1S/C15H19N3S/c1-10(9-11-5-3-2-4-6-11)17-15-13(12-7-8-12)14(16)18-19-15/h2-6,10,12,17H,7-9H2,1H3,(H2,16,18). The van der Waals surface area contributed by atoms with Crippen molar-refractivity contribution in [3.8, 4) is 0 Å². The van der Waals surface area contributed by atoms with E-state index in [9.17, 15) is 0 Å². The fraction of sp³-hybridized carbons (Fsp3) is 0.400. The molecule has 19 heavy (non-hydrogen) atoms. The molecule has 1 aromatic carbocycles. The molecule has 3 N–H and O–H groups in total. The molecule has 1 atom stereocenters. The maximum atomic E-state index is 5.97. The smallest absolute Gasteiger partial charge is 0.142 e. The summed E-state index contributed by atoms with van der Waals surface area (Å²) in [4.78, 5) is 0. The lowest BCUT2D eigenvalue weighted by molar-refractivity contribution is 0.791. The third kappa shape index (κ3) is 2.89. The molecule has 1 fully saturated rings. The van der Waals surface area contributed by atoms with Crippen LogP contribution in [0.3, 0.4) is 0 Å². The summed E-state index contributed by atoms with van der Waals surface area (Å²) in [5, 5.41) is 4.75. The highest BCUT2D eigenvalue weighted by Gasteiger charge is 2.30. The predicted octanol–water partition coefficient (Wildman–Crippen LogP) is 3.65. The summed E-state index contributed by atoms with van der Waals surface area (Å²) >= 11 is 1.50. The van der Waals surface area contributed by atoms with Crippen molar-refractivity contribution >= 4 is 22.4 Å². The zero-order valence-electron chi connectivity index (χ0n) is 11.1. The van der Waals surface area contributed by atoms with Crippen molar-refractivity contribution in [2.45, 2.75) is 38.1 Å². The number of aromatic nitrogens is 1. The van der Waals surface area contributed by atoms with Crippen LogP contribution >= 0.6 is 11.5 Å². The van der Waals surface area contributed by atoms with E-state index >= 15 is 0 Å². The monoisotopic (exact) mass is 273 g/mol. The highest BCUT2D eigenvalue weighted by molar-refractivity contribution is 7.10. The van der Waals surface area contributed by atoms with Crippen LogP contribution in [0.1, 0.15) is 36.8 Å². The average molecular weight is 273 g/mol. The molecule has 4 heteroatoms. The van der Waals surface area contributed by atoms with E-state index in [0.717, 1.165) is 12.2 Å². The van der Waals surface area contributed by atoms with Crippen LogP contribution in [-0.2, 0) is 6.42 Å². The summed E-state index contributed by atoms with van der Waals surface area (Å²) in [5.41, 5.74) is 8.58. The van der Waals surface area contributed by atoms with Crippen LogP contribution < -0.4 is 11.1 Å². The average Bonchev–Trinajstić information content (AvgIpc) is 3.16. The number of nitrogens with zero attached hydrogens (tertiary/aromatic N) is 1. The van der Waals surface area contributed by atoms with E-state index in [0.29, 0.717) is 12.0 Å². The third-order valence-corrected chi connectivity index (χ3v) is 4.31. The van der Waals surface area contributed by atoms with Gasteiger partial charge in [0.2, 0.25) is 0 Å². The van der Waals surface area contributed by atoms with Gasteiger partial charge in [-0.15, -0.1) is 0 Å². The Kier molecular flexibility index (Phi) is 3.42. The van der Waals surface area contributed by atoms with Crippen LogP contribution in [0.5, 0.6) is 0 Å². The Morgan fingerprint density at radius 2 is 2.11 bits per heavy atom. The second-order valence-corrected chi connectivity index (χ2v) is 6.09. The van der Waals surface area contributed by atoms with Crippen molar-refractivity contribution in [1.29, 1.82) is 0 Å². The summed E-state index contributed by atoms with van der Waals surface area (Å²) < 4.78 is 4.29. The van der Waals surface area contributed by atoms with Gasteiger partial charge in [-0.2, -0.15) is 4.37 Å². The summed E-state index contributed by atoms with van der Waals surface area (Å²) in [6.07, 6.45) is 3.53. The van der Waals surface area contributed by atoms with Crippen molar-refractivity contribution in [1.82, 2.24) is 4.37 Å². The molecule has 1 heterocycles. The number of hydrogen-bond donors (Lipinski definition) is 2. The molecule has 100 valence electrons. The number of benzene rings is 1. The van der Waals surface area contributed by atoms with Crippen LogP contribution in [0.4, 0.5) is 10.8 Å². The maximum Gasteiger partial charge on any atom is 0.142 e. The van der Waals surface area contributed by atoms with E-state index < -0.39 is 0 Å². The van der Waals surface area contributed by atoms with Crippen molar-refractivity contribution in [2.75, 3.05) is 11.1 Å². The lowest BCUT2D eigenvalue weighted by atomic mass is 10.1. The fourth-order valence-corrected chi connectivity index (χ4v) is 3.33. The summed E-state index contributed by atoms with van der Waals surface area (Å²) in [5.74, 6) is 1.37. The van der Waals surface area contributed by atoms with Gasteiger partial charge in [-0.3, -0.25) is 0 Å². The largest absolute Gasteiger partial charge is 0.383 e. The van der Waals surface area contributed by atoms with Gasteiger partial charge in [0, 0.05) is 11.6 Å². The second-order valence-electron chi connectivity index (χ2n) is 5.32. The fourth-order valence-electron chi connectivity index (χ4n) is 2.42. The Balaban J connectivity index is 1.68. The molecule has 1 aromatic heterocycles. The maximum absolute atomic E-state index is 5.97. The molecule has 1 saturated carbocycles. The van der Waals surface area contributed by atoms with Crippen molar-refractivity contribution in [3.05, 3.63) is 41.5 Å². The Bertz CT molecular complexity index is 546. The first-order valence-electron chi connectivity index (χ1n) is 6.79. The number of anilines is 2. The SMILES string of the molecule is CC(Cc1ccccc1)Nc1snc(N)c1C1CC1. The van der Waals surface area contributed by atoms with Gasteiger partial charge in [0.25, 0.3) is 0 Å². The summed E-state index contributed by atoms with van der Waals surface area (Å²) in [6.45, 7) is 2.21. The minimum absolute atomic E-state index is 0.389. The molecule has 2 aromatic rings. The van der Waals surface area contributed by atoms with Crippen LogP contribution in [0.2, 0.25) is 0 Å². The van der Waals surface area contributed by atoms with Crippen LogP contribution in [-0.4, -0.2) is 10.4 Å². The lowest BCUT2D eigenvalue weighted by Crippen LogP contribution is -2.18. The third-order valence-electron chi connectivity index (χ3n) is 3.50. The van der Waals surface area contributed by atoms with Crippen molar-refractivity contribution < 1.29 is 0 Å². The second kappa shape index (κ2) is 5.21. The lowest BCUT2D eigenvalue weighted by Gasteiger charge is -2.15. The van der Waals surface area contributed by atoms with E-state index in [-0.39, 0.29) is 0 Å². The molecule has 0 aliphatic heterocycles. The first-order valence-corrected chi connectivity index (χ1v) is 7.57. The molecule has 1 unspecified atom stereocenters. The molecule has 0 spiro atoms. The van der Waals surface area contributed by atoms with E-state index in [2.05, 4.69) is 46.9 Å². The number of nitrogens with one attached hydrogen (secondary N) is 1. The van der Waals surface area contributed by atoms with E-state index in [1.54, 1.807) is 0 Å². The van der Waals surface area contributed by atoms with Crippen molar-refractivity contribution in [2.24, 2.45) is 0 Å². The molecule has 0 radical (unpaired) electrons. The van der Waals surface area contributed by atoms with Crippen LogP contribution in [0.25, 0.3) is 0 Å². The highest BCUT2D eigenvalue weighted by Crippen LogP contribution is 2.47. The molecular weight excluding hydrogens is 254 g/mol.